The molecule has 0 saturated heterocycles. The zero-order chi connectivity index (χ0) is 21.0. The third-order valence-electron chi connectivity index (χ3n) is 5.29. The van der Waals surface area contributed by atoms with Crippen molar-refractivity contribution in [2.45, 2.75) is 0 Å². The normalized spacial score (nSPS) is 10.7. The van der Waals surface area contributed by atoms with Crippen LogP contribution in [-0.2, 0) is 0 Å². The maximum absolute atomic E-state index is 13.3. The molecule has 0 atom stereocenters. The van der Waals surface area contributed by atoms with E-state index in [-0.39, 0.29) is 5.78 Å². The number of rotatable bonds is 5. The van der Waals surface area contributed by atoms with Crippen molar-refractivity contribution in [3.05, 3.63) is 132 Å². The summed E-state index contributed by atoms with van der Waals surface area (Å²) in [6.07, 6.45) is 0. The summed E-state index contributed by atoms with van der Waals surface area (Å²) in [4.78, 5) is 13.3. The first-order valence-electron chi connectivity index (χ1n) is 10.2. The van der Waals surface area contributed by atoms with Gasteiger partial charge in [-0.2, -0.15) is 0 Å². The maximum atomic E-state index is 13.3. The van der Waals surface area contributed by atoms with Gasteiger partial charge >= 0.3 is 0 Å². The van der Waals surface area contributed by atoms with E-state index in [1.54, 1.807) is 0 Å². The highest BCUT2D eigenvalue weighted by Crippen LogP contribution is 2.32. The molecule has 5 aromatic carbocycles. The lowest BCUT2D eigenvalue weighted by molar-refractivity contribution is 0.104. The van der Waals surface area contributed by atoms with Crippen LogP contribution in [0, 0.1) is 0 Å². The molecular formula is C29H20O2. The summed E-state index contributed by atoms with van der Waals surface area (Å²) in [5.74, 6) is 1.57. The second-order valence-corrected chi connectivity index (χ2v) is 7.38. The lowest BCUT2D eigenvalue weighted by Gasteiger charge is -2.12. The highest BCUT2D eigenvalue weighted by Gasteiger charge is 2.15. The van der Waals surface area contributed by atoms with Crippen molar-refractivity contribution in [3.8, 4) is 22.6 Å². The molecule has 0 heterocycles. The van der Waals surface area contributed by atoms with E-state index in [2.05, 4.69) is 6.07 Å². The summed E-state index contributed by atoms with van der Waals surface area (Å²) in [6, 6.07) is 39.2. The van der Waals surface area contributed by atoms with Gasteiger partial charge in [0.25, 0.3) is 0 Å². The van der Waals surface area contributed by atoms with Crippen LogP contribution >= 0.6 is 0 Å². The van der Waals surface area contributed by atoms with Crippen molar-refractivity contribution in [1.29, 1.82) is 0 Å². The van der Waals surface area contributed by atoms with Crippen LogP contribution in [-0.4, -0.2) is 5.78 Å². The molecule has 5 rings (SSSR count). The van der Waals surface area contributed by atoms with Crippen LogP contribution in [0.15, 0.2) is 121 Å². The predicted octanol–water partition coefficient (Wildman–Crippen LogP) is 7.53. The Balaban J connectivity index is 1.60. The minimum atomic E-state index is 0.0235. The SMILES string of the molecule is O=C(c1ccccc1)c1cc(-c2cccc(Oc3ccccc3)c2)cc2ccccc12. The molecule has 0 spiro atoms. The molecule has 0 fully saturated rings. The first-order chi connectivity index (χ1) is 15.3. The molecule has 0 bridgehead atoms. The second kappa shape index (κ2) is 8.29. The standard InChI is InChI=1S/C29H20O2/c30-29(21-10-3-1-4-11-21)28-20-24(18-23-12-7-8-17-27(23)28)22-13-9-16-26(19-22)31-25-14-5-2-6-15-25/h1-20H. The molecule has 5 aromatic rings. The quantitative estimate of drug-likeness (QED) is 0.285. The fourth-order valence-electron chi connectivity index (χ4n) is 3.77. The molecule has 2 heteroatoms. The summed E-state index contributed by atoms with van der Waals surface area (Å²) in [5, 5.41) is 1.99. The molecular weight excluding hydrogens is 380 g/mol. The Kier molecular flexibility index (Phi) is 5.04. The topological polar surface area (TPSA) is 26.3 Å². The largest absolute Gasteiger partial charge is 0.457 e. The molecule has 0 aromatic heterocycles. The Hall–Kier alpha value is -4.17. The van der Waals surface area contributed by atoms with Crippen LogP contribution in [0.3, 0.4) is 0 Å². The van der Waals surface area contributed by atoms with E-state index in [1.165, 1.54) is 0 Å². The summed E-state index contributed by atoms with van der Waals surface area (Å²) < 4.78 is 6.01. The average molecular weight is 400 g/mol. The minimum Gasteiger partial charge on any atom is -0.457 e. The molecule has 0 aliphatic carbocycles. The van der Waals surface area contributed by atoms with Crippen molar-refractivity contribution >= 4 is 16.6 Å². The van der Waals surface area contributed by atoms with Crippen LogP contribution in [0.1, 0.15) is 15.9 Å². The van der Waals surface area contributed by atoms with Crippen molar-refractivity contribution in [1.82, 2.24) is 0 Å². The number of fused-ring (bicyclic) bond motifs is 1. The van der Waals surface area contributed by atoms with Crippen LogP contribution in [0.5, 0.6) is 11.5 Å². The van der Waals surface area contributed by atoms with Gasteiger partial charge in [-0.25, -0.2) is 0 Å². The molecule has 148 valence electrons. The lowest BCUT2D eigenvalue weighted by Crippen LogP contribution is -2.02. The van der Waals surface area contributed by atoms with Crippen LogP contribution in [0.25, 0.3) is 21.9 Å². The van der Waals surface area contributed by atoms with Gasteiger partial charge < -0.3 is 4.74 Å². The van der Waals surface area contributed by atoms with E-state index in [1.807, 2.05) is 115 Å². The third-order valence-corrected chi connectivity index (χ3v) is 5.29. The summed E-state index contributed by atoms with van der Waals surface area (Å²) in [6.45, 7) is 0. The van der Waals surface area contributed by atoms with E-state index in [0.717, 1.165) is 33.4 Å². The molecule has 0 amide bonds. The van der Waals surface area contributed by atoms with Crippen molar-refractivity contribution in [2.75, 3.05) is 0 Å². The molecule has 0 saturated carbocycles. The zero-order valence-electron chi connectivity index (χ0n) is 16.9. The van der Waals surface area contributed by atoms with Crippen molar-refractivity contribution in [3.63, 3.8) is 0 Å². The average Bonchev–Trinajstić information content (AvgIpc) is 2.84. The smallest absolute Gasteiger partial charge is 0.193 e. The van der Waals surface area contributed by atoms with Crippen molar-refractivity contribution in [2.24, 2.45) is 0 Å². The van der Waals surface area contributed by atoms with Gasteiger partial charge in [0, 0.05) is 11.1 Å². The Morgan fingerprint density at radius 3 is 2.03 bits per heavy atom. The van der Waals surface area contributed by atoms with E-state index >= 15 is 0 Å². The Morgan fingerprint density at radius 2 is 1.23 bits per heavy atom. The number of carbonyl (C=O) groups is 1. The Labute approximate surface area is 181 Å². The van der Waals surface area contributed by atoms with E-state index in [4.69, 9.17) is 4.74 Å². The van der Waals surface area contributed by atoms with Crippen molar-refractivity contribution < 1.29 is 9.53 Å². The molecule has 0 aliphatic heterocycles. The number of benzene rings is 5. The van der Waals surface area contributed by atoms with Gasteiger partial charge in [-0.05, 0) is 58.3 Å². The van der Waals surface area contributed by atoms with Gasteiger partial charge in [0.2, 0.25) is 0 Å². The fraction of sp³-hybridized carbons (Fsp3) is 0. The van der Waals surface area contributed by atoms with E-state index in [0.29, 0.717) is 11.1 Å². The number of hydrogen-bond acceptors (Lipinski definition) is 2. The molecule has 31 heavy (non-hydrogen) atoms. The van der Waals surface area contributed by atoms with Crippen LogP contribution in [0.2, 0.25) is 0 Å². The lowest BCUT2D eigenvalue weighted by atomic mass is 9.92. The number of para-hydroxylation sites is 1. The molecule has 0 unspecified atom stereocenters. The van der Waals surface area contributed by atoms with Gasteiger partial charge in [-0.3, -0.25) is 4.79 Å². The minimum absolute atomic E-state index is 0.0235. The molecule has 0 radical (unpaired) electrons. The van der Waals surface area contributed by atoms with Gasteiger partial charge in [0.05, 0.1) is 0 Å². The predicted molar refractivity (Wildman–Crippen MR) is 126 cm³/mol. The van der Waals surface area contributed by atoms with Crippen LogP contribution in [0.4, 0.5) is 0 Å². The highest BCUT2D eigenvalue weighted by atomic mass is 16.5. The monoisotopic (exact) mass is 400 g/mol. The first-order valence-corrected chi connectivity index (χ1v) is 10.2. The summed E-state index contributed by atoms with van der Waals surface area (Å²) in [5.41, 5.74) is 3.37. The second-order valence-electron chi connectivity index (χ2n) is 7.38. The maximum Gasteiger partial charge on any atom is 0.193 e. The van der Waals surface area contributed by atoms with Crippen LogP contribution < -0.4 is 4.74 Å². The third kappa shape index (κ3) is 3.96. The first kappa shape index (κ1) is 18.8. The van der Waals surface area contributed by atoms with Gasteiger partial charge in [0.15, 0.2) is 5.78 Å². The van der Waals surface area contributed by atoms with Gasteiger partial charge in [0.1, 0.15) is 11.5 Å². The number of ketones is 1. The highest BCUT2D eigenvalue weighted by molar-refractivity contribution is 6.17. The molecule has 0 N–H and O–H groups in total. The number of carbonyl (C=O) groups excluding carboxylic acids is 1. The Morgan fingerprint density at radius 1 is 0.548 bits per heavy atom. The molecule has 0 aliphatic rings. The van der Waals surface area contributed by atoms with Gasteiger partial charge in [-0.15, -0.1) is 0 Å². The molecule has 2 nitrogen and oxygen atoms in total. The number of ether oxygens (including phenoxy) is 1. The van der Waals surface area contributed by atoms with E-state index in [9.17, 15) is 4.79 Å². The zero-order valence-corrected chi connectivity index (χ0v) is 16.9. The van der Waals surface area contributed by atoms with E-state index < -0.39 is 0 Å². The number of hydrogen-bond donors (Lipinski definition) is 0. The summed E-state index contributed by atoms with van der Waals surface area (Å²) in [7, 11) is 0. The van der Waals surface area contributed by atoms with Gasteiger partial charge in [-0.1, -0.05) is 84.9 Å². The fourth-order valence-corrected chi connectivity index (χ4v) is 3.77. The Bertz CT molecular complexity index is 1360. The summed E-state index contributed by atoms with van der Waals surface area (Å²) >= 11 is 0.